The van der Waals surface area contributed by atoms with Crippen LogP contribution in [0, 0.1) is 5.92 Å². The molecular formula is C21H21N3O4. The van der Waals surface area contributed by atoms with Crippen molar-refractivity contribution < 1.29 is 14.6 Å². The molecule has 0 spiro atoms. The molecule has 2 heterocycles. The molecule has 3 aromatic rings. The van der Waals surface area contributed by atoms with Crippen molar-refractivity contribution in [2.24, 2.45) is 5.92 Å². The summed E-state index contributed by atoms with van der Waals surface area (Å²) in [6, 6.07) is 12.9. The number of nitrogens with zero attached hydrogens (tertiary/aromatic N) is 1. The van der Waals surface area contributed by atoms with Crippen molar-refractivity contribution >= 4 is 5.97 Å². The Labute approximate surface area is 161 Å². The molecule has 7 nitrogen and oxygen atoms in total. The second-order valence-electron chi connectivity index (χ2n) is 7.34. The quantitative estimate of drug-likeness (QED) is 0.600. The van der Waals surface area contributed by atoms with Gasteiger partial charge in [0.15, 0.2) is 0 Å². The number of aliphatic hydroxyl groups is 1. The van der Waals surface area contributed by atoms with E-state index in [0.717, 1.165) is 5.56 Å². The number of hydrogen-bond donors (Lipinski definition) is 3. The van der Waals surface area contributed by atoms with Crippen LogP contribution in [0.15, 0.2) is 59.7 Å². The number of carbonyl (C=O) groups is 1. The maximum Gasteiger partial charge on any atom is 0.313 e. The standard InChI is InChI=1S/C21H21N3O4/c1-21(27)10-15-17(19(25)24-23-15)16(14-8-5-9-22-11-14)18(21)20(26)28-12-13-6-3-2-4-7-13/h2-9,11,16,18,27H,10,12H2,1H3,(H2,23,24,25)/t16-,18-,21+/m1/s1. The maximum absolute atomic E-state index is 13.1. The van der Waals surface area contributed by atoms with Gasteiger partial charge >= 0.3 is 5.97 Å². The Morgan fingerprint density at radius 3 is 2.75 bits per heavy atom. The van der Waals surface area contributed by atoms with Crippen LogP contribution < -0.4 is 5.56 Å². The van der Waals surface area contributed by atoms with Crippen LogP contribution in [0.3, 0.4) is 0 Å². The lowest BCUT2D eigenvalue weighted by Crippen LogP contribution is -2.50. The number of nitrogens with one attached hydrogen (secondary N) is 2. The van der Waals surface area contributed by atoms with Crippen molar-refractivity contribution in [3.05, 3.63) is 87.6 Å². The zero-order valence-electron chi connectivity index (χ0n) is 15.4. The summed E-state index contributed by atoms with van der Waals surface area (Å²) in [5, 5.41) is 16.5. The van der Waals surface area contributed by atoms with Crippen LogP contribution >= 0.6 is 0 Å². The van der Waals surface area contributed by atoms with E-state index in [4.69, 9.17) is 4.74 Å². The number of aromatic nitrogens is 3. The first-order valence-electron chi connectivity index (χ1n) is 9.09. The molecule has 0 amide bonds. The number of esters is 1. The van der Waals surface area contributed by atoms with E-state index in [1.54, 1.807) is 31.5 Å². The molecule has 0 saturated carbocycles. The SMILES string of the molecule is C[C@]1(O)Cc2[nH][nH]c(=O)c2[C@@H](c2cccnc2)[C@@H]1C(=O)OCc1ccccc1. The van der Waals surface area contributed by atoms with Gasteiger partial charge in [0.05, 0.1) is 11.5 Å². The maximum atomic E-state index is 13.1. The highest BCUT2D eigenvalue weighted by Crippen LogP contribution is 2.44. The van der Waals surface area contributed by atoms with Crippen LogP contribution in [0.5, 0.6) is 0 Å². The van der Waals surface area contributed by atoms with Crippen LogP contribution in [-0.4, -0.2) is 31.9 Å². The third kappa shape index (κ3) is 3.25. The second-order valence-corrected chi connectivity index (χ2v) is 7.34. The number of H-pyrrole nitrogens is 2. The van der Waals surface area contributed by atoms with Gasteiger partial charge in [0.1, 0.15) is 6.61 Å². The topological polar surface area (TPSA) is 108 Å². The Kier molecular flexibility index (Phi) is 4.60. The van der Waals surface area contributed by atoms with Gasteiger partial charge in [-0.1, -0.05) is 36.4 Å². The average Bonchev–Trinajstić information content (AvgIpc) is 3.05. The highest BCUT2D eigenvalue weighted by molar-refractivity contribution is 5.77. The van der Waals surface area contributed by atoms with E-state index in [1.807, 2.05) is 30.3 Å². The summed E-state index contributed by atoms with van der Waals surface area (Å²) in [5.74, 6) is -2.15. The fourth-order valence-corrected chi connectivity index (χ4v) is 3.99. The van der Waals surface area contributed by atoms with Gasteiger partial charge in [-0.2, -0.15) is 0 Å². The third-order valence-corrected chi connectivity index (χ3v) is 5.27. The van der Waals surface area contributed by atoms with E-state index in [1.165, 1.54) is 0 Å². The zero-order chi connectivity index (χ0) is 19.7. The summed E-state index contributed by atoms with van der Waals surface area (Å²) >= 11 is 0. The molecule has 144 valence electrons. The van der Waals surface area contributed by atoms with Gasteiger partial charge in [-0.25, -0.2) is 0 Å². The van der Waals surface area contributed by atoms with E-state index >= 15 is 0 Å². The molecule has 0 saturated heterocycles. The van der Waals surface area contributed by atoms with Gasteiger partial charge < -0.3 is 14.9 Å². The molecule has 3 atom stereocenters. The Hall–Kier alpha value is -3.19. The van der Waals surface area contributed by atoms with Crippen molar-refractivity contribution in [1.82, 2.24) is 15.2 Å². The Morgan fingerprint density at radius 1 is 1.25 bits per heavy atom. The molecular weight excluding hydrogens is 358 g/mol. The minimum Gasteiger partial charge on any atom is -0.460 e. The molecule has 0 fully saturated rings. The molecule has 4 rings (SSSR count). The summed E-state index contributed by atoms with van der Waals surface area (Å²) in [6.45, 7) is 1.70. The highest BCUT2D eigenvalue weighted by Gasteiger charge is 2.51. The molecule has 7 heteroatoms. The summed E-state index contributed by atoms with van der Waals surface area (Å²) < 4.78 is 5.54. The van der Waals surface area contributed by atoms with Gasteiger partial charge in [-0.15, -0.1) is 0 Å². The minimum atomic E-state index is -1.40. The first-order chi connectivity index (χ1) is 13.5. The largest absolute Gasteiger partial charge is 0.460 e. The third-order valence-electron chi connectivity index (χ3n) is 5.27. The lowest BCUT2D eigenvalue weighted by molar-refractivity contribution is -0.161. The van der Waals surface area contributed by atoms with Gasteiger partial charge in [-0.3, -0.25) is 19.7 Å². The van der Waals surface area contributed by atoms with Crippen molar-refractivity contribution in [2.45, 2.75) is 31.5 Å². The number of ether oxygens (including phenoxy) is 1. The van der Waals surface area contributed by atoms with Gasteiger partial charge in [0.25, 0.3) is 5.56 Å². The number of pyridine rings is 1. The van der Waals surface area contributed by atoms with Gasteiger partial charge in [0, 0.05) is 36.0 Å². The molecule has 1 aromatic carbocycles. The summed E-state index contributed by atoms with van der Waals surface area (Å²) in [4.78, 5) is 29.7. The van der Waals surface area contributed by atoms with E-state index in [-0.39, 0.29) is 18.6 Å². The fourth-order valence-electron chi connectivity index (χ4n) is 3.99. The number of hydrogen-bond acceptors (Lipinski definition) is 5. The first-order valence-corrected chi connectivity index (χ1v) is 9.09. The van der Waals surface area contributed by atoms with Crippen molar-refractivity contribution in [3.8, 4) is 0 Å². The van der Waals surface area contributed by atoms with Crippen molar-refractivity contribution in [1.29, 1.82) is 0 Å². The molecule has 0 unspecified atom stereocenters. The normalized spacial score (nSPS) is 23.8. The molecule has 3 N–H and O–H groups in total. The highest BCUT2D eigenvalue weighted by atomic mass is 16.5. The summed E-state index contributed by atoms with van der Waals surface area (Å²) in [5.41, 5.74) is 0.865. The number of fused-ring (bicyclic) bond motifs is 1. The lowest BCUT2D eigenvalue weighted by Gasteiger charge is -2.40. The van der Waals surface area contributed by atoms with Crippen molar-refractivity contribution in [2.75, 3.05) is 0 Å². The molecule has 0 radical (unpaired) electrons. The zero-order valence-corrected chi connectivity index (χ0v) is 15.4. The van der Waals surface area contributed by atoms with Crippen LogP contribution in [0.1, 0.15) is 35.2 Å². The van der Waals surface area contributed by atoms with Crippen molar-refractivity contribution in [3.63, 3.8) is 0 Å². The Balaban J connectivity index is 1.73. The van der Waals surface area contributed by atoms with Gasteiger partial charge in [0.2, 0.25) is 0 Å². The molecule has 0 aliphatic heterocycles. The van der Waals surface area contributed by atoms with E-state index in [9.17, 15) is 14.7 Å². The molecule has 2 aromatic heterocycles. The molecule has 1 aliphatic carbocycles. The second kappa shape index (κ2) is 7.09. The molecule has 0 bridgehead atoms. The van der Waals surface area contributed by atoms with Crippen LogP contribution in [0.4, 0.5) is 0 Å². The smallest absolute Gasteiger partial charge is 0.313 e. The predicted molar refractivity (Wildman–Crippen MR) is 102 cm³/mol. The Bertz CT molecular complexity index is 1020. The van der Waals surface area contributed by atoms with E-state index in [0.29, 0.717) is 16.8 Å². The number of aromatic amines is 2. The van der Waals surface area contributed by atoms with E-state index < -0.39 is 23.4 Å². The van der Waals surface area contributed by atoms with Crippen LogP contribution in [-0.2, 0) is 22.6 Å². The minimum absolute atomic E-state index is 0.0996. The number of benzene rings is 1. The number of carbonyl (C=O) groups excluding carboxylic acids is 1. The molecule has 28 heavy (non-hydrogen) atoms. The monoisotopic (exact) mass is 379 g/mol. The Morgan fingerprint density at radius 2 is 2.04 bits per heavy atom. The lowest BCUT2D eigenvalue weighted by atomic mass is 9.66. The van der Waals surface area contributed by atoms with Crippen LogP contribution in [0.2, 0.25) is 0 Å². The summed E-state index contributed by atoms with van der Waals surface area (Å²) in [7, 11) is 0. The predicted octanol–water partition coefficient (Wildman–Crippen LogP) is 1.90. The first kappa shape index (κ1) is 18.2. The summed E-state index contributed by atoms with van der Waals surface area (Å²) in [6.07, 6.45) is 3.37. The van der Waals surface area contributed by atoms with E-state index in [2.05, 4.69) is 15.2 Å². The molecule has 1 aliphatic rings. The number of rotatable bonds is 4. The fraction of sp³-hybridized carbons (Fsp3) is 0.286. The van der Waals surface area contributed by atoms with Crippen LogP contribution in [0.25, 0.3) is 0 Å². The van der Waals surface area contributed by atoms with Gasteiger partial charge in [-0.05, 0) is 24.1 Å². The average molecular weight is 379 g/mol.